The number of amides is 2. The maximum absolute atomic E-state index is 13.5. The number of carbonyl (C=O) groups excluding carboxylic acids is 3. The molecule has 0 radical (unpaired) electrons. The summed E-state index contributed by atoms with van der Waals surface area (Å²) in [5.74, 6) is -1.42. The first kappa shape index (κ1) is 16.8. The van der Waals surface area contributed by atoms with Crippen molar-refractivity contribution in [2.75, 3.05) is 17.7 Å². The van der Waals surface area contributed by atoms with Crippen LogP contribution < -0.4 is 5.32 Å². The van der Waals surface area contributed by atoms with Crippen molar-refractivity contribution in [1.29, 1.82) is 0 Å². The molecule has 2 heterocycles. The summed E-state index contributed by atoms with van der Waals surface area (Å²) < 4.78 is 18.5. The second-order valence-electron chi connectivity index (χ2n) is 5.90. The molecule has 24 heavy (non-hydrogen) atoms. The molecule has 0 unspecified atom stereocenters. The number of hydrogen-bond donors (Lipinski definition) is 1. The second kappa shape index (κ2) is 6.43. The highest BCUT2D eigenvalue weighted by molar-refractivity contribution is 8.01. The SMILES string of the molecule is C[C@]12CCC(=O)N1[C@@H](C(=O)OCC(=O)Nc1ccccc1F)CS2. The molecule has 2 saturated heterocycles. The van der Waals surface area contributed by atoms with Crippen molar-refractivity contribution in [3.05, 3.63) is 30.1 Å². The Hall–Kier alpha value is -2.09. The summed E-state index contributed by atoms with van der Waals surface area (Å²) in [4.78, 5) is 37.2. The number of carbonyl (C=O) groups is 3. The molecule has 1 aromatic rings. The zero-order valence-electron chi connectivity index (χ0n) is 13.1. The fourth-order valence-corrected chi connectivity index (χ4v) is 4.39. The van der Waals surface area contributed by atoms with Crippen LogP contribution in [0.25, 0.3) is 0 Å². The first-order valence-corrected chi connectivity index (χ1v) is 8.56. The van der Waals surface area contributed by atoms with Gasteiger partial charge in [0.05, 0.1) is 10.6 Å². The lowest BCUT2D eigenvalue weighted by atomic mass is 10.2. The molecule has 0 aromatic heterocycles. The number of benzene rings is 1. The van der Waals surface area contributed by atoms with Crippen molar-refractivity contribution in [3.63, 3.8) is 0 Å². The largest absolute Gasteiger partial charge is 0.454 e. The van der Waals surface area contributed by atoms with E-state index in [0.717, 1.165) is 0 Å². The topological polar surface area (TPSA) is 75.7 Å². The number of esters is 1. The highest BCUT2D eigenvalue weighted by Gasteiger charge is 2.53. The van der Waals surface area contributed by atoms with Gasteiger partial charge < -0.3 is 15.0 Å². The lowest BCUT2D eigenvalue weighted by Gasteiger charge is -2.29. The van der Waals surface area contributed by atoms with Crippen molar-refractivity contribution in [1.82, 2.24) is 4.90 Å². The molecule has 6 nitrogen and oxygen atoms in total. The van der Waals surface area contributed by atoms with Gasteiger partial charge in [0.2, 0.25) is 5.91 Å². The number of ether oxygens (including phenoxy) is 1. The second-order valence-corrected chi connectivity index (χ2v) is 7.40. The number of fused-ring (bicyclic) bond motifs is 1. The minimum absolute atomic E-state index is 0.0252. The first-order chi connectivity index (χ1) is 11.4. The summed E-state index contributed by atoms with van der Waals surface area (Å²) in [6, 6.07) is 5.05. The molecule has 8 heteroatoms. The Kier molecular flexibility index (Phi) is 4.49. The smallest absolute Gasteiger partial charge is 0.330 e. The van der Waals surface area contributed by atoms with Crippen molar-refractivity contribution in [3.8, 4) is 0 Å². The van der Waals surface area contributed by atoms with Gasteiger partial charge in [-0.25, -0.2) is 9.18 Å². The molecule has 2 amide bonds. The lowest BCUT2D eigenvalue weighted by molar-refractivity contribution is -0.155. The minimum Gasteiger partial charge on any atom is -0.454 e. The average molecular weight is 352 g/mol. The number of rotatable bonds is 4. The van der Waals surface area contributed by atoms with E-state index in [1.807, 2.05) is 6.92 Å². The molecule has 2 aliphatic rings. The fourth-order valence-electron chi connectivity index (χ4n) is 2.98. The molecule has 0 bridgehead atoms. The Labute approximate surface area is 142 Å². The number of nitrogens with one attached hydrogen (secondary N) is 1. The molecule has 0 spiro atoms. The Morgan fingerprint density at radius 2 is 2.21 bits per heavy atom. The van der Waals surface area contributed by atoms with Gasteiger partial charge in [0.15, 0.2) is 6.61 Å². The molecule has 2 atom stereocenters. The maximum atomic E-state index is 13.5. The summed E-state index contributed by atoms with van der Waals surface area (Å²) in [5.41, 5.74) is 0.0252. The van der Waals surface area contributed by atoms with Gasteiger partial charge in [-0.05, 0) is 25.5 Å². The van der Waals surface area contributed by atoms with E-state index in [1.165, 1.54) is 18.2 Å². The third-order valence-corrected chi connectivity index (χ3v) is 5.72. The molecule has 0 aliphatic carbocycles. The van der Waals surface area contributed by atoms with Crippen LogP contribution in [0.5, 0.6) is 0 Å². The molecule has 1 N–H and O–H groups in total. The van der Waals surface area contributed by atoms with Crippen LogP contribution in [0.2, 0.25) is 0 Å². The molecule has 2 fully saturated rings. The van der Waals surface area contributed by atoms with Gasteiger partial charge in [-0.3, -0.25) is 9.59 Å². The van der Waals surface area contributed by atoms with Crippen molar-refractivity contribution >= 4 is 35.2 Å². The van der Waals surface area contributed by atoms with E-state index in [9.17, 15) is 18.8 Å². The van der Waals surface area contributed by atoms with Crippen molar-refractivity contribution in [2.45, 2.75) is 30.7 Å². The van der Waals surface area contributed by atoms with Gasteiger partial charge in [-0.1, -0.05) is 12.1 Å². The van der Waals surface area contributed by atoms with Gasteiger partial charge >= 0.3 is 5.97 Å². The van der Waals surface area contributed by atoms with Gasteiger partial charge in [0.1, 0.15) is 11.9 Å². The van der Waals surface area contributed by atoms with E-state index in [2.05, 4.69) is 5.32 Å². The monoisotopic (exact) mass is 352 g/mol. The zero-order chi connectivity index (χ0) is 17.3. The minimum atomic E-state index is -0.670. The molecule has 3 rings (SSSR count). The van der Waals surface area contributed by atoms with Crippen LogP contribution in [0.4, 0.5) is 10.1 Å². The maximum Gasteiger partial charge on any atom is 0.330 e. The number of para-hydroxylation sites is 1. The summed E-state index contributed by atoms with van der Waals surface area (Å²) >= 11 is 1.55. The van der Waals surface area contributed by atoms with E-state index < -0.39 is 30.3 Å². The summed E-state index contributed by atoms with van der Waals surface area (Å²) in [5, 5.41) is 2.34. The average Bonchev–Trinajstić information content (AvgIpc) is 3.04. The van der Waals surface area contributed by atoms with Gasteiger partial charge in [0, 0.05) is 12.2 Å². The zero-order valence-corrected chi connectivity index (χ0v) is 13.9. The Morgan fingerprint density at radius 3 is 2.96 bits per heavy atom. The van der Waals surface area contributed by atoms with Crippen molar-refractivity contribution < 1.29 is 23.5 Å². The van der Waals surface area contributed by atoms with Crippen LogP contribution in [-0.4, -0.2) is 46.0 Å². The van der Waals surface area contributed by atoms with E-state index in [1.54, 1.807) is 22.7 Å². The predicted molar refractivity (Wildman–Crippen MR) is 86.7 cm³/mol. The van der Waals surface area contributed by atoms with E-state index in [0.29, 0.717) is 18.6 Å². The number of halogens is 1. The number of anilines is 1. The van der Waals surface area contributed by atoms with Crippen molar-refractivity contribution in [2.24, 2.45) is 0 Å². The van der Waals surface area contributed by atoms with E-state index >= 15 is 0 Å². The number of nitrogens with zero attached hydrogens (tertiary/aromatic N) is 1. The summed E-state index contributed by atoms with van der Waals surface area (Å²) in [7, 11) is 0. The standard InChI is InChI=1S/C16H17FN2O4S/c1-16-7-6-14(21)19(16)12(9-24-16)15(22)23-8-13(20)18-11-5-3-2-4-10(11)17/h2-5,12H,6-9H2,1H3,(H,18,20)/t12-,16+/m1/s1. The number of thioether (sulfide) groups is 1. The first-order valence-electron chi connectivity index (χ1n) is 7.58. The highest BCUT2D eigenvalue weighted by Crippen LogP contribution is 2.47. The quantitative estimate of drug-likeness (QED) is 0.836. The third kappa shape index (κ3) is 3.10. The van der Waals surface area contributed by atoms with Gasteiger partial charge in [0.25, 0.3) is 5.91 Å². The Balaban J connectivity index is 1.55. The molecular formula is C16H17FN2O4S. The molecule has 128 valence electrons. The summed E-state index contributed by atoms with van der Waals surface area (Å²) in [6.07, 6.45) is 1.12. The number of hydrogen-bond acceptors (Lipinski definition) is 5. The normalized spacial score (nSPS) is 25.5. The van der Waals surface area contributed by atoms with E-state index in [-0.39, 0.29) is 16.5 Å². The molecule has 2 aliphatic heterocycles. The third-order valence-electron chi connectivity index (χ3n) is 4.21. The van der Waals surface area contributed by atoms with Crippen LogP contribution in [-0.2, 0) is 19.1 Å². The fraction of sp³-hybridized carbons (Fsp3) is 0.438. The van der Waals surface area contributed by atoms with E-state index in [4.69, 9.17) is 4.74 Å². The van der Waals surface area contributed by atoms with Crippen LogP contribution in [0.3, 0.4) is 0 Å². The van der Waals surface area contributed by atoms with Gasteiger partial charge in [-0.15, -0.1) is 11.8 Å². The van der Waals surface area contributed by atoms with Crippen LogP contribution in [0, 0.1) is 5.82 Å². The molecule has 0 saturated carbocycles. The van der Waals surface area contributed by atoms with Crippen LogP contribution in [0.15, 0.2) is 24.3 Å². The predicted octanol–water partition coefficient (Wildman–Crippen LogP) is 1.76. The summed E-state index contributed by atoms with van der Waals surface area (Å²) in [6.45, 7) is 1.41. The lowest BCUT2D eigenvalue weighted by Crippen LogP contribution is -2.47. The molecule has 1 aromatic carbocycles. The Morgan fingerprint density at radius 1 is 1.46 bits per heavy atom. The van der Waals surface area contributed by atoms with Gasteiger partial charge in [-0.2, -0.15) is 0 Å². The van der Waals surface area contributed by atoms with Crippen LogP contribution in [0.1, 0.15) is 19.8 Å². The molecular weight excluding hydrogens is 335 g/mol. The highest BCUT2D eigenvalue weighted by atomic mass is 32.2. The Bertz CT molecular complexity index is 698. The van der Waals surface area contributed by atoms with Crippen LogP contribution >= 0.6 is 11.8 Å².